The van der Waals surface area contributed by atoms with Gasteiger partial charge in [0.15, 0.2) is 17.6 Å². The van der Waals surface area contributed by atoms with Crippen LogP contribution in [-0.2, 0) is 36.9 Å². The van der Waals surface area contributed by atoms with Crippen LogP contribution in [0.15, 0.2) is 46.5 Å². The maximum Gasteiger partial charge on any atom is 0.340 e. The van der Waals surface area contributed by atoms with Crippen LogP contribution in [0.5, 0.6) is 0 Å². The molecule has 1 saturated heterocycles. The zero-order chi connectivity index (χ0) is 26.0. The number of benzene rings is 1. The quantitative estimate of drug-likeness (QED) is 0.204. The number of aliphatic hydroxyl groups excluding tert-OH is 2. The second kappa shape index (κ2) is 10.9. The smallest absolute Gasteiger partial charge is 0.340 e. The van der Waals surface area contributed by atoms with Gasteiger partial charge in [-0.3, -0.25) is 18.3 Å². The third-order valence-electron chi connectivity index (χ3n) is 5.16. The largest absolute Gasteiger partial charge is 0.389 e. The zero-order valence-electron chi connectivity index (χ0n) is 18.8. The minimum atomic E-state index is -4.84. The lowest BCUT2D eigenvalue weighted by Crippen LogP contribution is -2.42. The zero-order valence-corrected chi connectivity index (χ0v) is 20.6. The van der Waals surface area contributed by atoms with Crippen molar-refractivity contribution in [1.82, 2.24) is 9.13 Å². The first-order valence-electron chi connectivity index (χ1n) is 10.3. The number of ether oxygens (including phenoxy) is 1. The SMILES string of the molecule is Cc1ccc(CON=c2ccn([C@@H]3O[C@H](COP(=O)(O)CP(=O)(O)O)[C@@H](O)[C@H]3O)c(=O)n2C)cc1. The average molecular weight is 535 g/mol. The van der Waals surface area contributed by atoms with Crippen molar-refractivity contribution in [2.24, 2.45) is 12.2 Å². The van der Waals surface area contributed by atoms with E-state index in [4.69, 9.17) is 19.4 Å². The Kier molecular flexibility index (Phi) is 8.53. The van der Waals surface area contributed by atoms with Gasteiger partial charge in [0, 0.05) is 19.3 Å². The first kappa shape index (κ1) is 27.5. The molecule has 5 N–H and O–H groups in total. The minimum absolute atomic E-state index is 0.171. The normalized spacial score (nSPS) is 24.9. The van der Waals surface area contributed by atoms with Crippen LogP contribution in [0, 0.1) is 6.92 Å². The van der Waals surface area contributed by atoms with Gasteiger partial charge in [0.2, 0.25) is 0 Å². The number of rotatable bonds is 9. The van der Waals surface area contributed by atoms with Crippen molar-refractivity contribution in [3.8, 4) is 0 Å². The summed E-state index contributed by atoms with van der Waals surface area (Å²) in [5.41, 5.74) is 1.48. The summed E-state index contributed by atoms with van der Waals surface area (Å²) < 4.78 is 35.0. The molecule has 0 bridgehead atoms. The number of hydrogen-bond donors (Lipinski definition) is 5. The third-order valence-corrected chi connectivity index (χ3v) is 8.62. The highest BCUT2D eigenvalue weighted by molar-refractivity contribution is 7.70. The molecule has 2 aromatic rings. The van der Waals surface area contributed by atoms with Crippen molar-refractivity contribution in [2.45, 2.75) is 38.1 Å². The van der Waals surface area contributed by atoms with E-state index in [1.807, 2.05) is 31.2 Å². The van der Waals surface area contributed by atoms with Crippen LogP contribution in [-0.4, -0.2) is 64.8 Å². The molecule has 1 aromatic heterocycles. The molecule has 0 spiro atoms. The highest BCUT2D eigenvalue weighted by Gasteiger charge is 2.45. The van der Waals surface area contributed by atoms with Crippen molar-refractivity contribution in [3.63, 3.8) is 0 Å². The van der Waals surface area contributed by atoms with Crippen LogP contribution in [0.25, 0.3) is 0 Å². The van der Waals surface area contributed by atoms with Gasteiger partial charge in [-0.1, -0.05) is 35.0 Å². The van der Waals surface area contributed by atoms with Crippen molar-refractivity contribution in [2.75, 3.05) is 12.5 Å². The number of nitrogens with zero attached hydrogens (tertiary/aromatic N) is 3. The fourth-order valence-electron chi connectivity index (χ4n) is 3.30. The molecule has 5 atom stereocenters. The molecule has 35 heavy (non-hydrogen) atoms. The Hall–Kier alpha value is -2.12. The van der Waals surface area contributed by atoms with Crippen LogP contribution in [0.1, 0.15) is 17.4 Å². The summed E-state index contributed by atoms with van der Waals surface area (Å²) in [5.74, 6) is -1.42. The Balaban J connectivity index is 1.70. The van der Waals surface area contributed by atoms with Gasteiger partial charge >= 0.3 is 20.9 Å². The van der Waals surface area contributed by atoms with Gasteiger partial charge in [-0.05, 0) is 12.5 Å². The second-order valence-electron chi connectivity index (χ2n) is 8.06. The maximum absolute atomic E-state index is 12.8. The Morgan fingerprint density at radius 3 is 2.37 bits per heavy atom. The van der Waals surface area contributed by atoms with Gasteiger partial charge in [0.1, 0.15) is 24.9 Å². The first-order valence-corrected chi connectivity index (χ1v) is 13.9. The van der Waals surface area contributed by atoms with Crippen LogP contribution >= 0.6 is 15.2 Å². The molecule has 1 fully saturated rings. The van der Waals surface area contributed by atoms with E-state index in [0.717, 1.165) is 20.3 Å². The Morgan fingerprint density at radius 2 is 1.74 bits per heavy atom. The molecule has 1 aliphatic heterocycles. The molecule has 0 aliphatic carbocycles. The van der Waals surface area contributed by atoms with Gasteiger partial charge in [-0.15, -0.1) is 0 Å². The molecule has 16 heteroatoms. The number of aromatic nitrogens is 2. The molecule has 3 rings (SSSR count). The maximum atomic E-state index is 12.8. The Labute approximate surface area is 199 Å². The molecule has 1 unspecified atom stereocenters. The predicted octanol–water partition coefficient (Wildman–Crippen LogP) is -0.516. The van der Waals surface area contributed by atoms with E-state index in [1.54, 1.807) is 0 Å². The topological polar surface area (TPSA) is 202 Å². The lowest BCUT2D eigenvalue weighted by atomic mass is 10.1. The molecular weight excluding hydrogens is 508 g/mol. The van der Waals surface area contributed by atoms with Crippen molar-refractivity contribution < 1.29 is 48.1 Å². The predicted molar refractivity (Wildman–Crippen MR) is 120 cm³/mol. The van der Waals surface area contributed by atoms with Crippen LogP contribution < -0.4 is 11.2 Å². The van der Waals surface area contributed by atoms with E-state index in [0.29, 0.717) is 0 Å². The third kappa shape index (κ3) is 7.20. The van der Waals surface area contributed by atoms with E-state index >= 15 is 0 Å². The Morgan fingerprint density at radius 1 is 1.09 bits per heavy atom. The summed E-state index contributed by atoms with van der Waals surface area (Å²) in [6.07, 6.45) is -4.69. The molecule has 2 heterocycles. The van der Waals surface area contributed by atoms with E-state index in [9.17, 15) is 29.0 Å². The molecule has 0 saturated carbocycles. The standard InChI is InChI=1S/C19H27N3O11P2/c1-12-3-5-13(6-4-12)9-31-20-15-7-8-22(19(25)21(15)2)18-17(24)16(23)14(33-18)10-32-35(29,30)11-34(26,27)28/h3-8,14,16-18,23-24H,9-11H2,1-2H3,(H,29,30)(H2,26,27,28)/t14-,16-,17-,18-/m1/s1. The van der Waals surface area contributed by atoms with E-state index < -0.39 is 57.9 Å². The highest BCUT2D eigenvalue weighted by Crippen LogP contribution is 2.55. The number of hydrogen-bond acceptors (Lipinski definition) is 9. The second-order valence-corrected chi connectivity index (χ2v) is 12.1. The molecule has 0 radical (unpaired) electrons. The summed E-state index contributed by atoms with van der Waals surface area (Å²) >= 11 is 0. The van der Waals surface area contributed by atoms with Crippen LogP contribution in [0.3, 0.4) is 0 Å². The lowest BCUT2D eigenvalue weighted by Gasteiger charge is -2.19. The minimum Gasteiger partial charge on any atom is -0.389 e. The molecule has 14 nitrogen and oxygen atoms in total. The molecule has 1 aliphatic rings. The summed E-state index contributed by atoms with van der Waals surface area (Å²) in [6, 6.07) is 9.04. The summed E-state index contributed by atoms with van der Waals surface area (Å²) in [6.45, 7) is 1.38. The van der Waals surface area contributed by atoms with Crippen molar-refractivity contribution >= 4 is 15.2 Å². The molecular formula is C19H27N3O11P2. The van der Waals surface area contributed by atoms with E-state index in [2.05, 4.69) is 9.68 Å². The monoisotopic (exact) mass is 535 g/mol. The Bertz CT molecular complexity index is 1250. The van der Waals surface area contributed by atoms with Gasteiger partial charge in [-0.2, -0.15) is 0 Å². The van der Waals surface area contributed by atoms with Crippen LogP contribution in [0.4, 0.5) is 0 Å². The summed E-state index contributed by atoms with van der Waals surface area (Å²) in [7, 11) is -8.13. The average Bonchev–Trinajstić information content (AvgIpc) is 3.03. The van der Waals surface area contributed by atoms with Crippen molar-refractivity contribution in [3.05, 3.63) is 63.6 Å². The highest BCUT2D eigenvalue weighted by atomic mass is 31.2. The van der Waals surface area contributed by atoms with Crippen LogP contribution in [0.2, 0.25) is 0 Å². The van der Waals surface area contributed by atoms with Gasteiger partial charge < -0.3 is 39.0 Å². The first-order chi connectivity index (χ1) is 16.3. The van der Waals surface area contributed by atoms with E-state index in [1.165, 1.54) is 19.3 Å². The molecule has 194 valence electrons. The fourth-order valence-corrected chi connectivity index (χ4v) is 5.87. The van der Waals surface area contributed by atoms with E-state index in [-0.39, 0.29) is 12.1 Å². The van der Waals surface area contributed by atoms with Gasteiger partial charge in [0.05, 0.1) is 6.61 Å². The van der Waals surface area contributed by atoms with Gasteiger partial charge in [-0.25, -0.2) is 4.79 Å². The molecule has 0 amide bonds. The van der Waals surface area contributed by atoms with Crippen molar-refractivity contribution in [1.29, 1.82) is 0 Å². The number of aliphatic hydroxyl groups is 2. The summed E-state index contributed by atoms with van der Waals surface area (Å²) in [4.78, 5) is 45.4. The molecule has 1 aromatic carbocycles. The number of aryl methyl sites for hydroxylation is 1. The summed E-state index contributed by atoms with van der Waals surface area (Å²) in [5, 5.41) is 24.5. The van der Waals surface area contributed by atoms with Gasteiger partial charge in [0.25, 0.3) is 0 Å². The lowest BCUT2D eigenvalue weighted by molar-refractivity contribution is -0.0530. The fraction of sp³-hybridized carbons (Fsp3) is 0.474.